The minimum absolute atomic E-state index is 0.00195. The van der Waals surface area contributed by atoms with Gasteiger partial charge < -0.3 is 13.9 Å². The predicted octanol–water partition coefficient (Wildman–Crippen LogP) is 3.28. The van der Waals surface area contributed by atoms with Gasteiger partial charge in [0.15, 0.2) is 5.76 Å². The Morgan fingerprint density at radius 1 is 1.03 bits per heavy atom. The maximum Gasteiger partial charge on any atom is 0.289 e. The lowest BCUT2D eigenvalue weighted by molar-refractivity contribution is -0.384. The first-order valence-electron chi connectivity index (χ1n) is 9.84. The Bertz CT molecular complexity index is 1210. The Morgan fingerprint density at radius 3 is 2.70 bits per heavy atom. The third-order valence-corrected chi connectivity index (χ3v) is 5.95. The lowest BCUT2D eigenvalue weighted by Gasteiger charge is -2.42. The van der Waals surface area contributed by atoms with Crippen LogP contribution in [-0.4, -0.2) is 33.4 Å². The molecule has 1 saturated heterocycles. The van der Waals surface area contributed by atoms with E-state index in [2.05, 4.69) is 0 Å². The molecule has 8 nitrogen and oxygen atoms in total. The predicted molar refractivity (Wildman–Crippen MR) is 108 cm³/mol. The van der Waals surface area contributed by atoms with E-state index < -0.39 is 4.92 Å². The van der Waals surface area contributed by atoms with Gasteiger partial charge in [-0.05, 0) is 36.6 Å². The van der Waals surface area contributed by atoms with Crippen LogP contribution in [0.1, 0.15) is 28.6 Å². The molecule has 5 rings (SSSR count). The molecule has 30 heavy (non-hydrogen) atoms. The van der Waals surface area contributed by atoms with Crippen LogP contribution >= 0.6 is 0 Å². The molecule has 4 heterocycles. The molecule has 0 radical (unpaired) electrons. The van der Waals surface area contributed by atoms with Crippen LogP contribution in [0.3, 0.4) is 0 Å². The third kappa shape index (κ3) is 3.01. The molecule has 0 spiro atoms. The second-order valence-electron chi connectivity index (χ2n) is 7.85. The Balaban J connectivity index is 1.41. The number of carbonyl (C=O) groups is 1. The highest BCUT2D eigenvalue weighted by Crippen LogP contribution is 2.36. The van der Waals surface area contributed by atoms with Gasteiger partial charge in [-0.1, -0.05) is 18.2 Å². The molecule has 0 saturated carbocycles. The van der Waals surface area contributed by atoms with Crippen molar-refractivity contribution in [2.75, 3.05) is 13.1 Å². The van der Waals surface area contributed by atoms with Gasteiger partial charge in [0.25, 0.3) is 17.2 Å². The van der Waals surface area contributed by atoms with Crippen LogP contribution in [0.5, 0.6) is 0 Å². The summed E-state index contributed by atoms with van der Waals surface area (Å²) in [6, 6.07) is 14.7. The number of aromatic nitrogens is 1. The van der Waals surface area contributed by atoms with E-state index in [1.807, 2.05) is 10.6 Å². The zero-order valence-corrected chi connectivity index (χ0v) is 16.1. The van der Waals surface area contributed by atoms with Crippen molar-refractivity contribution in [3.63, 3.8) is 0 Å². The lowest BCUT2D eigenvalue weighted by Crippen LogP contribution is -2.49. The van der Waals surface area contributed by atoms with E-state index in [4.69, 9.17) is 4.42 Å². The van der Waals surface area contributed by atoms with Crippen LogP contribution in [0.25, 0.3) is 11.3 Å². The number of amides is 1. The van der Waals surface area contributed by atoms with Crippen molar-refractivity contribution in [1.82, 2.24) is 9.47 Å². The zero-order valence-electron chi connectivity index (χ0n) is 16.1. The van der Waals surface area contributed by atoms with Crippen molar-refractivity contribution in [2.24, 2.45) is 5.92 Å². The highest BCUT2D eigenvalue weighted by molar-refractivity contribution is 5.92. The molecule has 2 unspecified atom stereocenters. The molecule has 1 aromatic carbocycles. The van der Waals surface area contributed by atoms with Crippen molar-refractivity contribution in [3.05, 3.63) is 86.5 Å². The van der Waals surface area contributed by atoms with Crippen molar-refractivity contribution < 1.29 is 14.1 Å². The summed E-state index contributed by atoms with van der Waals surface area (Å²) in [7, 11) is 0. The maximum absolute atomic E-state index is 13.1. The number of nitrogens with zero attached hydrogens (tertiary/aromatic N) is 3. The summed E-state index contributed by atoms with van der Waals surface area (Å²) < 4.78 is 7.56. The number of hydrogen-bond acceptors (Lipinski definition) is 5. The summed E-state index contributed by atoms with van der Waals surface area (Å²) >= 11 is 0. The van der Waals surface area contributed by atoms with Crippen molar-refractivity contribution in [3.8, 4) is 11.3 Å². The Kier molecular flexibility index (Phi) is 4.27. The summed E-state index contributed by atoms with van der Waals surface area (Å²) in [6.07, 6.45) is 0.951. The maximum atomic E-state index is 13.1. The van der Waals surface area contributed by atoms with E-state index in [0.29, 0.717) is 31.0 Å². The summed E-state index contributed by atoms with van der Waals surface area (Å²) in [5.41, 5.74) is 1.24. The van der Waals surface area contributed by atoms with Crippen LogP contribution in [0.2, 0.25) is 0 Å². The quantitative estimate of drug-likeness (QED) is 0.492. The number of nitro benzene ring substituents is 1. The topological polar surface area (TPSA) is 98.6 Å². The number of hydrogen-bond donors (Lipinski definition) is 0. The van der Waals surface area contributed by atoms with Crippen molar-refractivity contribution in [2.45, 2.75) is 18.9 Å². The Labute approximate surface area is 171 Å². The largest absolute Gasteiger partial charge is 0.451 e. The van der Waals surface area contributed by atoms with Crippen LogP contribution in [0.15, 0.2) is 63.8 Å². The number of piperidine rings is 1. The van der Waals surface area contributed by atoms with Gasteiger partial charge in [0.1, 0.15) is 5.76 Å². The van der Waals surface area contributed by atoms with Crippen LogP contribution in [-0.2, 0) is 6.54 Å². The second kappa shape index (κ2) is 6.98. The van der Waals surface area contributed by atoms with E-state index in [1.165, 1.54) is 6.07 Å². The number of pyridine rings is 1. The third-order valence-electron chi connectivity index (χ3n) is 5.95. The van der Waals surface area contributed by atoms with Gasteiger partial charge in [-0.2, -0.15) is 0 Å². The van der Waals surface area contributed by atoms with Crippen LogP contribution < -0.4 is 5.56 Å². The SMILES string of the molecule is O=C(c1ccc(-c2ccccc2[N+](=O)[O-])o1)N1CC2CC(C1)c1cccc(=O)n1C2. The molecule has 2 aliphatic rings. The van der Waals surface area contributed by atoms with Crippen LogP contribution in [0.4, 0.5) is 5.69 Å². The average molecular weight is 405 g/mol. The van der Waals surface area contributed by atoms with Gasteiger partial charge >= 0.3 is 0 Å². The molecule has 0 aliphatic carbocycles. The summed E-state index contributed by atoms with van der Waals surface area (Å²) in [5.74, 6) is 0.541. The molecular weight excluding hydrogens is 386 g/mol. The molecule has 2 bridgehead atoms. The summed E-state index contributed by atoms with van der Waals surface area (Å²) in [4.78, 5) is 37.8. The number of furan rings is 1. The molecule has 2 aliphatic heterocycles. The first-order chi connectivity index (χ1) is 14.5. The molecule has 152 valence electrons. The zero-order chi connectivity index (χ0) is 20.8. The molecular formula is C22H19N3O5. The minimum atomic E-state index is -0.468. The average Bonchev–Trinajstić information content (AvgIpc) is 3.24. The fourth-order valence-corrected chi connectivity index (χ4v) is 4.66. The smallest absolute Gasteiger partial charge is 0.289 e. The Morgan fingerprint density at radius 2 is 1.87 bits per heavy atom. The van der Waals surface area contributed by atoms with E-state index in [9.17, 15) is 19.7 Å². The molecule has 2 atom stereocenters. The highest BCUT2D eigenvalue weighted by atomic mass is 16.6. The number of nitro groups is 1. The van der Waals surface area contributed by atoms with E-state index in [-0.39, 0.29) is 34.7 Å². The Hall–Kier alpha value is -3.68. The van der Waals surface area contributed by atoms with Gasteiger partial charge in [-0.15, -0.1) is 0 Å². The summed E-state index contributed by atoms with van der Waals surface area (Å²) in [6.45, 7) is 1.67. The molecule has 8 heteroatoms. The first-order valence-corrected chi connectivity index (χ1v) is 9.84. The number of carbonyl (C=O) groups excluding carboxylic acids is 1. The molecule has 1 amide bonds. The minimum Gasteiger partial charge on any atom is -0.451 e. The number of para-hydroxylation sites is 1. The van der Waals surface area contributed by atoms with E-state index in [0.717, 1.165) is 12.1 Å². The van der Waals surface area contributed by atoms with Gasteiger partial charge in [-0.3, -0.25) is 19.7 Å². The fourth-order valence-electron chi connectivity index (χ4n) is 4.66. The van der Waals surface area contributed by atoms with E-state index in [1.54, 1.807) is 47.4 Å². The standard InChI is InChI=1S/C22H19N3O5/c26-21-7-3-6-17-15-10-14(12-24(17)21)11-23(13-15)22(27)20-9-8-19(30-20)16-4-1-2-5-18(16)25(28)29/h1-9,14-15H,10-13H2. The number of likely N-dealkylation sites (tertiary alicyclic amines) is 1. The van der Waals surface area contributed by atoms with Gasteiger partial charge in [-0.25, -0.2) is 0 Å². The normalized spacial score (nSPS) is 19.9. The lowest BCUT2D eigenvalue weighted by atomic mass is 9.83. The second-order valence-corrected chi connectivity index (χ2v) is 7.85. The number of rotatable bonds is 3. The first kappa shape index (κ1) is 18.4. The monoisotopic (exact) mass is 405 g/mol. The highest BCUT2D eigenvalue weighted by Gasteiger charge is 2.37. The van der Waals surface area contributed by atoms with Gasteiger partial charge in [0, 0.05) is 43.4 Å². The van der Waals surface area contributed by atoms with Crippen molar-refractivity contribution in [1.29, 1.82) is 0 Å². The molecule has 0 N–H and O–H groups in total. The molecule has 3 aromatic rings. The van der Waals surface area contributed by atoms with Crippen molar-refractivity contribution >= 4 is 11.6 Å². The van der Waals surface area contributed by atoms with Crippen LogP contribution in [0, 0.1) is 16.0 Å². The fraction of sp³-hybridized carbons (Fsp3) is 0.273. The number of benzene rings is 1. The van der Waals surface area contributed by atoms with Gasteiger partial charge in [0.05, 0.1) is 10.5 Å². The number of fused-ring (bicyclic) bond motifs is 4. The molecule has 2 aromatic heterocycles. The van der Waals surface area contributed by atoms with E-state index >= 15 is 0 Å². The molecule has 1 fully saturated rings. The van der Waals surface area contributed by atoms with Gasteiger partial charge in [0.2, 0.25) is 0 Å². The summed E-state index contributed by atoms with van der Waals surface area (Å²) in [5, 5.41) is 11.3.